The molecule has 3 fully saturated rings. The van der Waals surface area contributed by atoms with Crippen molar-refractivity contribution >= 4 is 11.8 Å². The number of rotatable bonds is 6. The predicted molar refractivity (Wildman–Crippen MR) is 104 cm³/mol. The molecular formula is C21H30N4O3. The van der Waals surface area contributed by atoms with Crippen LogP contribution in [0.4, 0.5) is 0 Å². The molecule has 1 aliphatic carbocycles. The van der Waals surface area contributed by atoms with Crippen LogP contribution in [0, 0.1) is 11.3 Å². The topological polar surface area (TPSA) is 85.8 Å². The number of nitrogens with one attached hydrogen (secondary N) is 1. The molecule has 1 spiro atoms. The Balaban J connectivity index is 1.27. The highest BCUT2D eigenvalue weighted by molar-refractivity contribution is 5.84. The molecule has 7 heteroatoms. The predicted octanol–water partition coefficient (Wildman–Crippen LogP) is 0.783. The van der Waals surface area contributed by atoms with Gasteiger partial charge in [-0.1, -0.05) is 6.07 Å². The van der Waals surface area contributed by atoms with Crippen molar-refractivity contribution < 1.29 is 14.7 Å². The van der Waals surface area contributed by atoms with E-state index < -0.39 is 11.5 Å². The maximum atomic E-state index is 13.1. The van der Waals surface area contributed by atoms with Crippen LogP contribution in [0.5, 0.6) is 0 Å². The van der Waals surface area contributed by atoms with Gasteiger partial charge >= 0.3 is 0 Å². The number of aromatic nitrogens is 1. The smallest absolute Gasteiger partial charge is 0.234 e. The molecule has 2 aliphatic heterocycles. The lowest BCUT2D eigenvalue weighted by molar-refractivity contribution is -0.157. The Hall–Kier alpha value is -1.99. The van der Waals surface area contributed by atoms with Crippen LogP contribution in [0.15, 0.2) is 24.4 Å². The number of piperidine rings is 2. The fraction of sp³-hybridized carbons (Fsp3) is 0.667. The van der Waals surface area contributed by atoms with Gasteiger partial charge in [0.1, 0.15) is 0 Å². The van der Waals surface area contributed by atoms with Gasteiger partial charge in [-0.2, -0.15) is 0 Å². The third-order valence-electron chi connectivity index (χ3n) is 6.35. The van der Waals surface area contributed by atoms with Crippen LogP contribution in [-0.4, -0.2) is 70.5 Å². The van der Waals surface area contributed by atoms with Crippen molar-refractivity contribution in [3.63, 3.8) is 0 Å². The summed E-state index contributed by atoms with van der Waals surface area (Å²) in [6.07, 6.45) is 5.70. The Morgan fingerprint density at radius 1 is 1.29 bits per heavy atom. The normalized spacial score (nSPS) is 25.1. The molecule has 28 heavy (non-hydrogen) atoms. The lowest BCUT2D eigenvalue weighted by Gasteiger charge is -2.48. The average molecular weight is 386 g/mol. The summed E-state index contributed by atoms with van der Waals surface area (Å²) < 4.78 is 0. The summed E-state index contributed by atoms with van der Waals surface area (Å²) in [5.74, 6) is 0.838. The largest absolute Gasteiger partial charge is 0.391 e. The van der Waals surface area contributed by atoms with Crippen LogP contribution in [-0.2, 0) is 16.1 Å². The maximum Gasteiger partial charge on any atom is 0.234 e. The van der Waals surface area contributed by atoms with E-state index in [1.54, 1.807) is 6.20 Å². The number of carbonyl (C=O) groups excluding carboxylic acids is 2. The summed E-state index contributed by atoms with van der Waals surface area (Å²) >= 11 is 0. The first-order chi connectivity index (χ1) is 13.5. The Morgan fingerprint density at radius 2 is 2.07 bits per heavy atom. The first-order valence-electron chi connectivity index (χ1n) is 10.4. The minimum atomic E-state index is -0.437. The Kier molecular flexibility index (Phi) is 5.64. The summed E-state index contributed by atoms with van der Waals surface area (Å²) in [4.78, 5) is 33.6. The van der Waals surface area contributed by atoms with Crippen LogP contribution < -0.4 is 5.32 Å². The first-order valence-corrected chi connectivity index (χ1v) is 10.4. The molecule has 7 nitrogen and oxygen atoms in total. The molecule has 2 amide bonds. The van der Waals surface area contributed by atoms with Gasteiger partial charge < -0.3 is 15.3 Å². The number of pyridine rings is 1. The van der Waals surface area contributed by atoms with E-state index >= 15 is 0 Å². The second-order valence-electron chi connectivity index (χ2n) is 8.67. The fourth-order valence-electron chi connectivity index (χ4n) is 4.55. The quantitative estimate of drug-likeness (QED) is 0.755. The van der Waals surface area contributed by atoms with E-state index in [9.17, 15) is 14.7 Å². The third-order valence-corrected chi connectivity index (χ3v) is 6.35. The summed E-state index contributed by atoms with van der Waals surface area (Å²) in [6, 6.07) is 5.64. The summed E-state index contributed by atoms with van der Waals surface area (Å²) in [5, 5.41) is 13.3. The van der Waals surface area contributed by atoms with Crippen LogP contribution in [0.25, 0.3) is 0 Å². The molecule has 152 valence electrons. The molecule has 0 radical (unpaired) electrons. The fourth-order valence-corrected chi connectivity index (χ4v) is 4.55. The molecule has 3 aliphatic rings. The lowest BCUT2D eigenvalue weighted by atomic mass is 9.71. The zero-order chi connectivity index (χ0) is 19.6. The minimum absolute atomic E-state index is 0.0213. The van der Waals surface area contributed by atoms with Crippen LogP contribution in [0.3, 0.4) is 0 Å². The molecular weight excluding hydrogens is 356 g/mol. The number of carbonyl (C=O) groups is 2. The molecule has 1 aromatic rings. The van der Waals surface area contributed by atoms with Crippen molar-refractivity contribution in [2.24, 2.45) is 11.3 Å². The summed E-state index contributed by atoms with van der Waals surface area (Å²) in [6.45, 7) is 3.48. The highest BCUT2D eigenvalue weighted by Gasteiger charge is 2.49. The highest BCUT2D eigenvalue weighted by atomic mass is 16.3. The van der Waals surface area contributed by atoms with E-state index in [0.717, 1.165) is 25.1 Å². The molecule has 2 N–H and O–H groups in total. The Bertz CT molecular complexity index is 697. The van der Waals surface area contributed by atoms with Crippen LogP contribution in [0.2, 0.25) is 0 Å². The number of aliphatic hydroxyl groups excluding tert-OH is 1. The molecule has 4 rings (SSSR count). The molecule has 1 aromatic heterocycles. The third kappa shape index (κ3) is 4.52. The molecule has 0 aromatic carbocycles. The van der Waals surface area contributed by atoms with Gasteiger partial charge in [0.05, 0.1) is 30.3 Å². The van der Waals surface area contributed by atoms with E-state index in [2.05, 4.69) is 15.2 Å². The van der Waals surface area contributed by atoms with Crippen LogP contribution >= 0.6 is 0 Å². The molecule has 0 bridgehead atoms. The number of hydrogen-bond donors (Lipinski definition) is 2. The molecule has 2 saturated heterocycles. The number of aliphatic hydroxyl groups is 1. The second-order valence-corrected chi connectivity index (χ2v) is 8.67. The van der Waals surface area contributed by atoms with Gasteiger partial charge in [-0.25, -0.2) is 0 Å². The maximum absolute atomic E-state index is 13.1. The van der Waals surface area contributed by atoms with E-state index in [0.29, 0.717) is 45.1 Å². The number of hydrogen-bond acceptors (Lipinski definition) is 5. The highest BCUT2D eigenvalue weighted by Crippen LogP contribution is 2.42. The number of likely N-dealkylation sites (tertiary alicyclic amines) is 2. The Morgan fingerprint density at radius 3 is 2.75 bits per heavy atom. The minimum Gasteiger partial charge on any atom is -0.391 e. The van der Waals surface area contributed by atoms with Crippen molar-refractivity contribution in [3.8, 4) is 0 Å². The van der Waals surface area contributed by atoms with Gasteiger partial charge in [0.15, 0.2) is 0 Å². The number of amides is 2. The number of β-amino-alcohol motifs (C(OH)–C–C–N with tert-alkyl or cyclic N) is 1. The summed E-state index contributed by atoms with van der Waals surface area (Å²) in [5.41, 5.74) is 0.402. The van der Waals surface area contributed by atoms with Crippen molar-refractivity contribution in [1.82, 2.24) is 20.1 Å². The zero-order valence-electron chi connectivity index (χ0n) is 16.3. The second kappa shape index (κ2) is 8.17. The standard InChI is InChI=1S/C21H30N4O3/c26-18-11-21(20(28)25(14-18)13-16-4-5-16)6-9-24(10-7-21)15-19(27)23-12-17-3-1-2-8-22-17/h1-3,8,16,18,26H,4-7,9-15H2,(H,23,27). The van der Waals surface area contributed by atoms with Gasteiger partial charge in [-0.3, -0.25) is 19.5 Å². The van der Waals surface area contributed by atoms with Gasteiger partial charge in [0.25, 0.3) is 0 Å². The summed E-state index contributed by atoms with van der Waals surface area (Å²) in [7, 11) is 0. The van der Waals surface area contributed by atoms with Gasteiger partial charge in [-0.05, 0) is 63.2 Å². The molecule has 1 saturated carbocycles. The van der Waals surface area contributed by atoms with E-state index in [4.69, 9.17) is 0 Å². The Labute approximate surface area is 166 Å². The van der Waals surface area contributed by atoms with E-state index in [1.807, 2.05) is 23.1 Å². The SMILES string of the molecule is O=C(CN1CCC2(CC1)CC(O)CN(CC1CC1)C2=O)NCc1ccccn1. The van der Waals surface area contributed by atoms with Crippen molar-refractivity contribution in [1.29, 1.82) is 0 Å². The van der Waals surface area contributed by atoms with E-state index in [1.165, 1.54) is 12.8 Å². The van der Waals surface area contributed by atoms with Gasteiger partial charge in [0.2, 0.25) is 11.8 Å². The number of nitrogens with zero attached hydrogens (tertiary/aromatic N) is 3. The lowest BCUT2D eigenvalue weighted by Crippen LogP contribution is -2.58. The van der Waals surface area contributed by atoms with Crippen molar-refractivity contribution in [2.45, 2.75) is 44.8 Å². The average Bonchev–Trinajstić information content (AvgIpc) is 3.51. The van der Waals surface area contributed by atoms with Gasteiger partial charge in [-0.15, -0.1) is 0 Å². The molecule has 3 heterocycles. The van der Waals surface area contributed by atoms with Crippen molar-refractivity contribution in [3.05, 3.63) is 30.1 Å². The first kappa shape index (κ1) is 19.3. The van der Waals surface area contributed by atoms with Crippen molar-refractivity contribution in [2.75, 3.05) is 32.7 Å². The molecule has 1 unspecified atom stereocenters. The van der Waals surface area contributed by atoms with Crippen LogP contribution in [0.1, 0.15) is 37.8 Å². The molecule has 1 atom stereocenters. The zero-order valence-corrected chi connectivity index (χ0v) is 16.3. The van der Waals surface area contributed by atoms with E-state index in [-0.39, 0.29) is 11.8 Å². The van der Waals surface area contributed by atoms with Gasteiger partial charge in [0, 0.05) is 19.3 Å². The monoisotopic (exact) mass is 386 g/mol.